The van der Waals surface area contributed by atoms with Gasteiger partial charge in [-0.2, -0.15) is 5.26 Å². The lowest BCUT2D eigenvalue weighted by Crippen LogP contribution is -2.32. The quantitative estimate of drug-likeness (QED) is 0.673. The van der Waals surface area contributed by atoms with Gasteiger partial charge in [0, 0.05) is 0 Å². The second kappa shape index (κ2) is 8.98. The molecule has 4 heteroatoms. The molecule has 1 amide bonds. The Hall–Kier alpha value is -3.42. The van der Waals surface area contributed by atoms with Crippen LogP contribution in [0.2, 0.25) is 0 Å². The van der Waals surface area contributed by atoms with Crippen LogP contribution in [0.4, 0.5) is 5.69 Å². The van der Waals surface area contributed by atoms with Gasteiger partial charge in [-0.25, -0.2) is 0 Å². The fraction of sp³-hybridized carbons (Fsp3) is 0.167. The molecule has 0 unspecified atom stereocenters. The molecule has 3 aromatic carbocycles. The number of hydrogen-bond acceptors (Lipinski definition) is 3. The first kappa shape index (κ1) is 19.3. The molecule has 0 aliphatic carbocycles. The Bertz CT molecular complexity index is 1010. The van der Waals surface area contributed by atoms with Crippen LogP contribution < -0.4 is 10.6 Å². The lowest BCUT2D eigenvalue weighted by atomic mass is 9.95. The molecule has 28 heavy (non-hydrogen) atoms. The number of nitrogens with one attached hydrogen (secondary N) is 2. The number of anilines is 1. The normalized spacial score (nSPS) is 11.5. The summed E-state index contributed by atoms with van der Waals surface area (Å²) in [5, 5.41) is 15.4. The maximum Gasteiger partial charge on any atom is 0.238 e. The zero-order valence-electron chi connectivity index (χ0n) is 16.1. The molecule has 3 rings (SSSR count). The van der Waals surface area contributed by atoms with Gasteiger partial charge in [-0.15, -0.1) is 0 Å². The van der Waals surface area contributed by atoms with Crippen LogP contribution in [0.5, 0.6) is 0 Å². The van der Waals surface area contributed by atoms with Crippen molar-refractivity contribution in [2.24, 2.45) is 0 Å². The number of carbonyl (C=O) groups is 1. The number of nitriles is 1. The third-order valence-corrected chi connectivity index (χ3v) is 4.79. The number of amides is 1. The van der Waals surface area contributed by atoms with E-state index in [-0.39, 0.29) is 18.5 Å². The van der Waals surface area contributed by atoms with Crippen molar-refractivity contribution < 1.29 is 4.79 Å². The highest BCUT2D eigenvalue weighted by Crippen LogP contribution is 2.24. The first-order valence-electron chi connectivity index (χ1n) is 9.23. The molecule has 140 valence electrons. The van der Waals surface area contributed by atoms with E-state index < -0.39 is 0 Å². The predicted octanol–water partition coefficient (Wildman–Crippen LogP) is 4.49. The van der Waals surface area contributed by atoms with Gasteiger partial charge in [0.25, 0.3) is 0 Å². The molecule has 0 radical (unpaired) electrons. The zero-order chi connectivity index (χ0) is 19.9. The standard InChI is InChI=1S/C24H23N3O/c1-17-12-13-20(14-18(17)2)24(19-8-4-3-5-9-19)26-16-23(28)27-22-11-7-6-10-21(22)15-25/h3-14,24,26H,16H2,1-2H3,(H,27,28)/t24-/m1/s1. The largest absolute Gasteiger partial charge is 0.324 e. The SMILES string of the molecule is Cc1ccc([C@H](NCC(=O)Nc2ccccc2C#N)c2ccccc2)cc1C. The van der Waals surface area contributed by atoms with E-state index in [1.54, 1.807) is 24.3 Å². The maximum atomic E-state index is 12.5. The summed E-state index contributed by atoms with van der Waals surface area (Å²) in [5.41, 5.74) is 5.63. The maximum absolute atomic E-state index is 12.5. The number of para-hydroxylation sites is 1. The number of carbonyl (C=O) groups excluding carboxylic acids is 1. The van der Waals surface area contributed by atoms with Crippen LogP contribution in [0.1, 0.15) is 33.9 Å². The smallest absolute Gasteiger partial charge is 0.238 e. The van der Waals surface area contributed by atoms with E-state index >= 15 is 0 Å². The molecule has 3 aromatic rings. The molecule has 1 atom stereocenters. The van der Waals surface area contributed by atoms with E-state index in [1.165, 1.54) is 11.1 Å². The minimum Gasteiger partial charge on any atom is -0.324 e. The van der Waals surface area contributed by atoms with E-state index in [4.69, 9.17) is 0 Å². The first-order chi connectivity index (χ1) is 13.6. The van der Waals surface area contributed by atoms with Crippen molar-refractivity contribution in [3.63, 3.8) is 0 Å². The molecule has 0 bridgehead atoms. The van der Waals surface area contributed by atoms with E-state index in [1.807, 2.05) is 18.2 Å². The van der Waals surface area contributed by atoms with Crippen molar-refractivity contribution in [3.05, 3.63) is 101 Å². The first-order valence-corrected chi connectivity index (χ1v) is 9.23. The number of aryl methyl sites for hydroxylation is 2. The van der Waals surface area contributed by atoms with Gasteiger partial charge >= 0.3 is 0 Å². The van der Waals surface area contributed by atoms with Crippen molar-refractivity contribution in [2.45, 2.75) is 19.9 Å². The fourth-order valence-corrected chi connectivity index (χ4v) is 3.10. The number of benzene rings is 3. The van der Waals surface area contributed by atoms with Crippen LogP contribution in [-0.4, -0.2) is 12.5 Å². The molecule has 0 fully saturated rings. The Labute approximate surface area is 165 Å². The molecule has 0 heterocycles. The molecule has 0 spiro atoms. The van der Waals surface area contributed by atoms with Crippen LogP contribution in [0.3, 0.4) is 0 Å². The molecule has 0 aliphatic heterocycles. The Morgan fingerprint density at radius 3 is 2.36 bits per heavy atom. The highest BCUT2D eigenvalue weighted by atomic mass is 16.1. The van der Waals surface area contributed by atoms with Gasteiger partial charge in [0.05, 0.1) is 23.8 Å². The molecule has 0 aliphatic rings. The zero-order valence-corrected chi connectivity index (χ0v) is 16.1. The van der Waals surface area contributed by atoms with Crippen LogP contribution in [0.15, 0.2) is 72.8 Å². The van der Waals surface area contributed by atoms with Crippen LogP contribution in [-0.2, 0) is 4.79 Å². The Kier molecular flexibility index (Phi) is 6.21. The van der Waals surface area contributed by atoms with Crippen molar-refractivity contribution in [1.29, 1.82) is 5.26 Å². The summed E-state index contributed by atoms with van der Waals surface area (Å²) in [4.78, 5) is 12.5. The van der Waals surface area contributed by atoms with Crippen molar-refractivity contribution in [3.8, 4) is 6.07 Å². The van der Waals surface area contributed by atoms with Gasteiger partial charge in [-0.05, 0) is 48.2 Å². The van der Waals surface area contributed by atoms with Crippen LogP contribution in [0.25, 0.3) is 0 Å². The Morgan fingerprint density at radius 1 is 0.929 bits per heavy atom. The number of hydrogen-bond donors (Lipinski definition) is 2. The summed E-state index contributed by atoms with van der Waals surface area (Å²) in [5.74, 6) is -0.188. The van der Waals surface area contributed by atoms with Crippen molar-refractivity contribution >= 4 is 11.6 Å². The lowest BCUT2D eigenvalue weighted by molar-refractivity contribution is -0.115. The summed E-state index contributed by atoms with van der Waals surface area (Å²) < 4.78 is 0. The van der Waals surface area contributed by atoms with Crippen LogP contribution >= 0.6 is 0 Å². The second-order valence-corrected chi connectivity index (χ2v) is 6.77. The summed E-state index contributed by atoms with van der Waals surface area (Å²) in [6, 6.07) is 25.4. The van der Waals surface area contributed by atoms with Crippen molar-refractivity contribution in [1.82, 2.24) is 5.32 Å². The number of nitrogens with zero attached hydrogens (tertiary/aromatic N) is 1. The highest BCUT2D eigenvalue weighted by molar-refractivity contribution is 5.93. The highest BCUT2D eigenvalue weighted by Gasteiger charge is 2.16. The van der Waals surface area contributed by atoms with Gasteiger partial charge in [-0.1, -0.05) is 60.7 Å². The van der Waals surface area contributed by atoms with E-state index in [2.05, 4.69) is 60.9 Å². The summed E-state index contributed by atoms with van der Waals surface area (Å²) in [6.45, 7) is 4.31. The third kappa shape index (κ3) is 4.64. The van der Waals surface area contributed by atoms with E-state index in [9.17, 15) is 10.1 Å². The summed E-state index contributed by atoms with van der Waals surface area (Å²) >= 11 is 0. The molecule has 2 N–H and O–H groups in total. The number of rotatable bonds is 6. The Balaban J connectivity index is 1.77. The topological polar surface area (TPSA) is 64.9 Å². The second-order valence-electron chi connectivity index (χ2n) is 6.77. The average Bonchev–Trinajstić information content (AvgIpc) is 2.72. The molecule has 4 nitrogen and oxygen atoms in total. The molecule has 0 aromatic heterocycles. The van der Waals surface area contributed by atoms with E-state index in [0.29, 0.717) is 11.3 Å². The fourth-order valence-electron chi connectivity index (χ4n) is 3.10. The average molecular weight is 369 g/mol. The minimum atomic E-state index is -0.188. The van der Waals surface area contributed by atoms with Gasteiger partial charge < -0.3 is 5.32 Å². The third-order valence-electron chi connectivity index (χ3n) is 4.79. The minimum absolute atomic E-state index is 0.0996. The van der Waals surface area contributed by atoms with Gasteiger partial charge in [0.2, 0.25) is 5.91 Å². The molecular formula is C24H23N3O. The van der Waals surface area contributed by atoms with Crippen molar-refractivity contribution in [2.75, 3.05) is 11.9 Å². The predicted molar refractivity (Wildman–Crippen MR) is 112 cm³/mol. The summed E-state index contributed by atoms with van der Waals surface area (Å²) in [7, 11) is 0. The summed E-state index contributed by atoms with van der Waals surface area (Å²) in [6.07, 6.45) is 0. The van der Waals surface area contributed by atoms with Gasteiger partial charge in [-0.3, -0.25) is 10.1 Å². The van der Waals surface area contributed by atoms with E-state index in [0.717, 1.165) is 11.1 Å². The van der Waals surface area contributed by atoms with Gasteiger partial charge in [0.1, 0.15) is 6.07 Å². The lowest BCUT2D eigenvalue weighted by Gasteiger charge is -2.21. The monoisotopic (exact) mass is 369 g/mol. The molecular weight excluding hydrogens is 346 g/mol. The molecule has 0 saturated heterocycles. The molecule has 0 saturated carbocycles. The van der Waals surface area contributed by atoms with Gasteiger partial charge in [0.15, 0.2) is 0 Å². The van der Waals surface area contributed by atoms with Crippen LogP contribution in [0, 0.1) is 25.2 Å². The Morgan fingerprint density at radius 2 is 1.64 bits per heavy atom.